The van der Waals surface area contributed by atoms with Crippen LogP contribution in [0, 0.1) is 5.92 Å². The van der Waals surface area contributed by atoms with Gasteiger partial charge in [-0.05, 0) is 18.8 Å². The zero-order chi connectivity index (χ0) is 15.1. The highest BCUT2D eigenvalue weighted by Gasteiger charge is 2.15. The topological polar surface area (TPSA) is 92.2 Å². The molecule has 6 nitrogen and oxygen atoms in total. The summed E-state index contributed by atoms with van der Waals surface area (Å²) >= 11 is 0. The first-order chi connectivity index (χ1) is 10.2. The number of hydrogen-bond acceptors (Lipinski definition) is 4. The van der Waals surface area contributed by atoms with E-state index in [4.69, 9.17) is 5.11 Å². The highest BCUT2D eigenvalue weighted by Crippen LogP contribution is 2.21. The Kier molecular flexibility index (Phi) is 5.66. The van der Waals surface area contributed by atoms with Gasteiger partial charge in [-0.3, -0.25) is 4.79 Å². The molecule has 2 N–H and O–H groups in total. The van der Waals surface area contributed by atoms with Crippen LogP contribution < -0.4 is 5.32 Å². The monoisotopic (exact) mass is 291 g/mol. The summed E-state index contributed by atoms with van der Waals surface area (Å²) in [5, 5.41) is 11.6. The third-order valence-electron chi connectivity index (χ3n) is 3.88. The number of carboxylic acids is 1. The fraction of sp³-hybridized carbons (Fsp3) is 0.600. The van der Waals surface area contributed by atoms with E-state index in [0.29, 0.717) is 12.5 Å². The van der Waals surface area contributed by atoms with E-state index in [0.717, 1.165) is 19.0 Å². The standard InChI is InChI=1S/C15H21N3O3/c19-14(12-9-17-13(10-16-12)15(20)21)18-8-11-6-4-2-1-3-5-7-11/h9-11H,1-8H2,(H,18,19)(H,20,21). The van der Waals surface area contributed by atoms with Crippen LogP contribution in [0.2, 0.25) is 0 Å². The van der Waals surface area contributed by atoms with Crippen molar-refractivity contribution in [3.8, 4) is 0 Å². The number of aromatic carboxylic acids is 1. The Labute approximate surface area is 124 Å². The third-order valence-corrected chi connectivity index (χ3v) is 3.88. The van der Waals surface area contributed by atoms with Gasteiger partial charge in [-0.2, -0.15) is 0 Å². The van der Waals surface area contributed by atoms with Gasteiger partial charge >= 0.3 is 5.97 Å². The van der Waals surface area contributed by atoms with Gasteiger partial charge in [0, 0.05) is 6.54 Å². The SMILES string of the molecule is O=C(O)c1cnc(C(=O)NCC2CCCCCCC2)cn1. The third kappa shape index (κ3) is 4.81. The van der Waals surface area contributed by atoms with Crippen LogP contribution in [0.25, 0.3) is 0 Å². The predicted molar refractivity (Wildman–Crippen MR) is 77.1 cm³/mol. The predicted octanol–water partition coefficient (Wildman–Crippen LogP) is 2.27. The Hall–Kier alpha value is -1.98. The maximum absolute atomic E-state index is 12.0. The van der Waals surface area contributed by atoms with Gasteiger partial charge in [-0.1, -0.05) is 32.1 Å². The van der Waals surface area contributed by atoms with Crippen molar-refractivity contribution in [2.75, 3.05) is 6.54 Å². The zero-order valence-electron chi connectivity index (χ0n) is 12.0. The average molecular weight is 291 g/mol. The number of carbonyl (C=O) groups is 2. The van der Waals surface area contributed by atoms with E-state index in [-0.39, 0.29) is 17.3 Å². The van der Waals surface area contributed by atoms with Crippen LogP contribution in [-0.2, 0) is 0 Å². The van der Waals surface area contributed by atoms with Gasteiger partial charge in [-0.25, -0.2) is 14.8 Å². The summed E-state index contributed by atoms with van der Waals surface area (Å²) in [6.07, 6.45) is 11.0. The first-order valence-electron chi connectivity index (χ1n) is 7.50. The van der Waals surface area contributed by atoms with E-state index >= 15 is 0 Å². The minimum absolute atomic E-state index is 0.158. The van der Waals surface area contributed by atoms with Crippen LogP contribution in [0.4, 0.5) is 0 Å². The number of hydrogen-bond donors (Lipinski definition) is 2. The Morgan fingerprint density at radius 3 is 2.19 bits per heavy atom. The second kappa shape index (κ2) is 7.71. The first-order valence-corrected chi connectivity index (χ1v) is 7.50. The number of rotatable bonds is 4. The number of aromatic nitrogens is 2. The molecule has 0 spiro atoms. The molecule has 0 radical (unpaired) electrons. The van der Waals surface area contributed by atoms with Crippen molar-refractivity contribution in [2.45, 2.75) is 44.9 Å². The van der Waals surface area contributed by atoms with Crippen LogP contribution >= 0.6 is 0 Å². The first kappa shape index (κ1) is 15.4. The second-order valence-electron chi connectivity index (χ2n) is 5.51. The molecule has 1 saturated carbocycles. The molecule has 0 aromatic carbocycles. The number of nitrogens with one attached hydrogen (secondary N) is 1. The van der Waals surface area contributed by atoms with Crippen LogP contribution in [0.1, 0.15) is 65.9 Å². The highest BCUT2D eigenvalue weighted by atomic mass is 16.4. The van der Waals surface area contributed by atoms with Gasteiger partial charge in [0.05, 0.1) is 12.4 Å². The Morgan fingerprint density at radius 1 is 1.05 bits per heavy atom. The van der Waals surface area contributed by atoms with Gasteiger partial charge in [0.1, 0.15) is 5.69 Å². The van der Waals surface area contributed by atoms with Crippen molar-refractivity contribution in [3.63, 3.8) is 0 Å². The van der Waals surface area contributed by atoms with Crippen molar-refractivity contribution in [2.24, 2.45) is 5.92 Å². The quantitative estimate of drug-likeness (QED) is 0.887. The van der Waals surface area contributed by atoms with E-state index in [9.17, 15) is 9.59 Å². The normalized spacial score (nSPS) is 16.8. The molecule has 2 rings (SSSR count). The summed E-state index contributed by atoms with van der Waals surface area (Å²) in [6.45, 7) is 0.654. The molecule has 0 unspecified atom stereocenters. The smallest absolute Gasteiger partial charge is 0.356 e. The summed E-state index contributed by atoms with van der Waals surface area (Å²) in [5.41, 5.74) is -0.00240. The van der Waals surface area contributed by atoms with Crippen molar-refractivity contribution in [3.05, 3.63) is 23.8 Å². The molecule has 0 saturated heterocycles. The summed E-state index contributed by atoms with van der Waals surface area (Å²) in [6, 6.07) is 0. The lowest BCUT2D eigenvalue weighted by Crippen LogP contribution is -2.30. The molecular formula is C15H21N3O3. The largest absolute Gasteiger partial charge is 0.476 e. The molecule has 6 heteroatoms. The minimum atomic E-state index is -1.15. The van der Waals surface area contributed by atoms with E-state index in [1.165, 1.54) is 38.3 Å². The lowest BCUT2D eigenvalue weighted by molar-refractivity contribution is 0.0689. The maximum atomic E-state index is 12.0. The summed E-state index contributed by atoms with van der Waals surface area (Å²) < 4.78 is 0. The molecule has 1 amide bonds. The van der Waals surface area contributed by atoms with Gasteiger partial charge in [-0.15, -0.1) is 0 Å². The lowest BCUT2D eigenvalue weighted by Gasteiger charge is -2.19. The van der Waals surface area contributed by atoms with Crippen molar-refractivity contribution < 1.29 is 14.7 Å². The Bertz CT molecular complexity index is 479. The molecule has 1 aliphatic carbocycles. The van der Waals surface area contributed by atoms with Gasteiger partial charge < -0.3 is 10.4 Å². The summed E-state index contributed by atoms with van der Waals surface area (Å²) in [7, 11) is 0. The van der Waals surface area contributed by atoms with E-state index in [1.54, 1.807) is 0 Å². The highest BCUT2D eigenvalue weighted by molar-refractivity contribution is 5.92. The molecule has 0 atom stereocenters. The lowest BCUT2D eigenvalue weighted by atomic mass is 9.91. The molecule has 1 heterocycles. The molecule has 1 aromatic rings. The van der Waals surface area contributed by atoms with E-state index in [2.05, 4.69) is 15.3 Å². The van der Waals surface area contributed by atoms with Crippen LogP contribution in [0.15, 0.2) is 12.4 Å². The molecular weight excluding hydrogens is 270 g/mol. The number of carboxylic acid groups (broad SMARTS) is 1. The minimum Gasteiger partial charge on any atom is -0.476 e. The Balaban J connectivity index is 1.84. The number of amides is 1. The number of nitrogens with zero attached hydrogens (tertiary/aromatic N) is 2. The van der Waals surface area contributed by atoms with E-state index < -0.39 is 5.97 Å². The molecule has 0 aliphatic heterocycles. The molecule has 0 bridgehead atoms. The molecule has 1 aliphatic rings. The molecule has 21 heavy (non-hydrogen) atoms. The average Bonchev–Trinajstić information content (AvgIpc) is 2.46. The molecule has 1 aromatic heterocycles. The second-order valence-corrected chi connectivity index (χ2v) is 5.51. The van der Waals surface area contributed by atoms with Crippen LogP contribution in [0.3, 0.4) is 0 Å². The number of carbonyl (C=O) groups excluding carboxylic acids is 1. The summed E-state index contributed by atoms with van der Waals surface area (Å²) in [5.74, 6) is -0.911. The molecule has 114 valence electrons. The van der Waals surface area contributed by atoms with E-state index in [1.807, 2.05) is 0 Å². The zero-order valence-corrected chi connectivity index (χ0v) is 12.0. The maximum Gasteiger partial charge on any atom is 0.356 e. The molecule has 1 fully saturated rings. The van der Waals surface area contributed by atoms with Crippen molar-refractivity contribution >= 4 is 11.9 Å². The Morgan fingerprint density at radius 2 is 1.62 bits per heavy atom. The van der Waals surface area contributed by atoms with Crippen LogP contribution in [0.5, 0.6) is 0 Å². The van der Waals surface area contributed by atoms with Crippen molar-refractivity contribution in [1.29, 1.82) is 0 Å². The fourth-order valence-corrected chi connectivity index (χ4v) is 2.63. The van der Waals surface area contributed by atoms with Crippen LogP contribution in [-0.4, -0.2) is 33.5 Å². The van der Waals surface area contributed by atoms with Gasteiger partial charge in [0.2, 0.25) is 0 Å². The van der Waals surface area contributed by atoms with Gasteiger partial charge in [0.15, 0.2) is 5.69 Å². The van der Waals surface area contributed by atoms with Crippen molar-refractivity contribution in [1.82, 2.24) is 15.3 Å². The fourth-order valence-electron chi connectivity index (χ4n) is 2.63. The summed E-state index contributed by atoms with van der Waals surface area (Å²) in [4.78, 5) is 30.2. The van der Waals surface area contributed by atoms with Gasteiger partial charge in [0.25, 0.3) is 5.91 Å².